The average Bonchev–Trinajstić information content (AvgIpc) is 2.94. The van der Waals surface area contributed by atoms with Gasteiger partial charge in [-0.05, 0) is 45.2 Å². The minimum atomic E-state index is 0.0909. The number of carbonyl (C=O) groups excluding carboxylic acids is 1. The third-order valence-corrected chi connectivity index (χ3v) is 5.80. The van der Waals surface area contributed by atoms with E-state index in [0.29, 0.717) is 6.42 Å². The van der Waals surface area contributed by atoms with Crippen molar-refractivity contribution in [3.63, 3.8) is 0 Å². The molecule has 0 bridgehead atoms. The van der Waals surface area contributed by atoms with Gasteiger partial charge in [-0.3, -0.25) is 4.79 Å². The van der Waals surface area contributed by atoms with E-state index >= 15 is 0 Å². The van der Waals surface area contributed by atoms with Gasteiger partial charge in [0.25, 0.3) is 0 Å². The molecular formula is C18H28N2OS. The van der Waals surface area contributed by atoms with Gasteiger partial charge in [0.1, 0.15) is 0 Å². The molecular weight excluding hydrogens is 292 g/mol. The molecule has 2 rings (SSSR count). The highest BCUT2D eigenvalue weighted by atomic mass is 32.2. The number of amides is 1. The zero-order valence-corrected chi connectivity index (χ0v) is 14.5. The smallest absolute Gasteiger partial charge is 0.220 e. The number of rotatable bonds is 7. The maximum atomic E-state index is 12.0. The van der Waals surface area contributed by atoms with Crippen LogP contribution in [-0.4, -0.2) is 23.2 Å². The number of thioether (sulfide) groups is 1. The Kier molecular flexibility index (Phi) is 6.33. The van der Waals surface area contributed by atoms with Crippen LogP contribution in [0.3, 0.4) is 0 Å². The van der Waals surface area contributed by atoms with Gasteiger partial charge in [0.05, 0.1) is 0 Å². The fourth-order valence-electron chi connectivity index (χ4n) is 2.90. The Morgan fingerprint density at radius 1 is 1.32 bits per heavy atom. The molecule has 3 N–H and O–H groups in total. The van der Waals surface area contributed by atoms with E-state index in [2.05, 4.69) is 36.5 Å². The zero-order chi connectivity index (χ0) is 16.0. The summed E-state index contributed by atoms with van der Waals surface area (Å²) in [7, 11) is 0. The summed E-state index contributed by atoms with van der Waals surface area (Å²) in [6.45, 7) is 4.82. The molecule has 1 aliphatic rings. The van der Waals surface area contributed by atoms with Crippen molar-refractivity contribution in [2.24, 2.45) is 5.73 Å². The van der Waals surface area contributed by atoms with E-state index in [-0.39, 0.29) is 16.7 Å². The second-order valence-electron chi connectivity index (χ2n) is 6.60. The van der Waals surface area contributed by atoms with Crippen LogP contribution >= 0.6 is 11.8 Å². The third-order valence-electron chi connectivity index (χ3n) is 4.30. The van der Waals surface area contributed by atoms with Crippen LogP contribution in [0.25, 0.3) is 0 Å². The summed E-state index contributed by atoms with van der Waals surface area (Å²) in [6, 6.07) is 8.79. The molecule has 4 heteroatoms. The van der Waals surface area contributed by atoms with Crippen LogP contribution in [0.5, 0.6) is 0 Å². The lowest BCUT2D eigenvalue weighted by molar-refractivity contribution is -0.121. The summed E-state index contributed by atoms with van der Waals surface area (Å²) in [5.74, 6) is 0.132. The van der Waals surface area contributed by atoms with Crippen LogP contribution in [0.15, 0.2) is 29.2 Å². The van der Waals surface area contributed by atoms with Gasteiger partial charge in [-0.1, -0.05) is 30.5 Å². The minimum absolute atomic E-state index is 0.0909. The molecule has 0 saturated heterocycles. The fraction of sp³-hybridized carbons (Fsp3) is 0.611. The van der Waals surface area contributed by atoms with Crippen molar-refractivity contribution in [3.8, 4) is 0 Å². The van der Waals surface area contributed by atoms with Crippen molar-refractivity contribution in [2.45, 2.75) is 68.1 Å². The number of nitrogens with two attached hydrogens (primary N) is 1. The second kappa shape index (κ2) is 8.02. The van der Waals surface area contributed by atoms with Crippen molar-refractivity contribution >= 4 is 17.7 Å². The monoisotopic (exact) mass is 320 g/mol. The van der Waals surface area contributed by atoms with Crippen molar-refractivity contribution in [3.05, 3.63) is 29.8 Å². The van der Waals surface area contributed by atoms with Crippen LogP contribution in [0.2, 0.25) is 0 Å². The highest BCUT2D eigenvalue weighted by molar-refractivity contribution is 8.00. The van der Waals surface area contributed by atoms with Gasteiger partial charge in [0.2, 0.25) is 5.91 Å². The van der Waals surface area contributed by atoms with Crippen LogP contribution in [0, 0.1) is 6.92 Å². The summed E-state index contributed by atoms with van der Waals surface area (Å²) < 4.78 is 0.166. The first-order valence-electron chi connectivity index (χ1n) is 8.27. The maximum absolute atomic E-state index is 12.0. The standard InChI is InChI=1S/C18H28N2OS/c1-14-5-8-16(9-6-14)22-18(11-3-4-12-18)13-20-17(21)10-7-15(2)19/h5-6,8-9,15H,3-4,7,10-13,19H2,1-2H3,(H,20,21). The molecule has 1 saturated carbocycles. The highest BCUT2D eigenvalue weighted by Gasteiger charge is 2.35. The van der Waals surface area contributed by atoms with Crippen LogP contribution in [0.1, 0.15) is 51.0 Å². The summed E-state index contributed by atoms with van der Waals surface area (Å²) in [6.07, 6.45) is 6.16. The lowest BCUT2D eigenvalue weighted by Crippen LogP contribution is -2.38. The van der Waals surface area contributed by atoms with Gasteiger partial charge in [-0.25, -0.2) is 0 Å². The number of aryl methyl sites for hydroxylation is 1. The van der Waals surface area contributed by atoms with E-state index in [0.717, 1.165) is 13.0 Å². The first kappa shape index (κ1) is 17.4. The number of hydrogen-bond donors (Lipinski definition) is 2. The fourth-order valence-corrected chi connectivity index (χ4v) is 4.31. The Morgan fingerprint density at radius 3 is 2.55 bits per heavy atom. The molecule has 0 radical (unpaired) electrons. The Morgan fingerprint density at radius 2 is 1.95 bits per heavy atom. The van der Waals surface area contributed by atoms with Crippen LogP contribution in [-0.2, 0) is 4.79 Å². The third kappa shape index (κ3) is 5.33. The highest BCUT2D eigenvalue weighted by Crippen LogP contribution is 2.44. The number of benzene rings is 1. The maximum Gasteiger partial charge on any atom is 0.220 e. The molecule has 0 spiro atoms. The van der Waals surface area contributed by atoms with Crippen molar-refractivity contribution < 1.29 is 4.79 Å². The largest absolute Gasteiger partial charge is 0.355 e. The number of hydrogen-bond acceptors (Lipinski definition) is 3. The molecule has 1 aromatic carbocycles. The van der Waals surface area contributed by atoms with Crippen LogP contribution < -0.4 is 11.1 Å². The molecule has 1 aromatic rings. The van der Waals surface area contributed by atoms with Crippen molar-refractivity contribution in [1.82, 2.24) is 5.32 Å². The minimum Gasteiger partial charge on any atom is -0.355 e. The first-order chi connectivity index (χ1) is 10.5. The Hall–Kier alpha value is -1.00. The summed E-state index contributed by atoms with van der Waals surface area (Å²) in [4.78, 5) is 13.3. The van der Waals surface area contributed by atoms with Gasteiger partial charge in [-0.15, -0.1) is 11.8 Å². The summed E-state index contributed by atoms with van der Waals surface area (Å²) in [5, 5.41) is 3.14. The first-order valence-corrected chi connectivity index (χ1v) is 9.09. The Bertz CT molecular complexity index is 478. The van der Waals surface area contributed by atoms with E-state index in [1.807, 2.05) is 18.7 Å². The molecule has 1 aliphatic carbocycles. The van der Waals surface area contributed by atoms with E-state index in [1.165, 1.54) is 36.1 Å². The topological polar surface area (TPSA) is 55.1 Å². The lowest BCUT2D eigenvalue weighted by atomic mass is 10.1. The number of nitrogens with one attached hydrogen (secondary N) is 1. The summed E-state index contributed by atoms with van der Waals surface area (Å²) in [5.41, 5.74) is 7.00. The van der Waals surface area contributed by atoms with E-state index < -0.39 is 0 Å². The Balaban J connectivity index is 1.91. The molecule has 122 valence electrons. The van der Waals surface area contributed by atoms with Gasteiger partial charge in [0, 0.05) is 28.6 Å². The SMILES string of the molecule is Cc1ccc(SC2(CNC(=O)CCC(C)N)CCCC2)cc1. The summed E-state index contributed by atoms with van der Waals surface area (Å²) >= 11 is 1.93. The van der Waals surface area contributed by atoms with Gasteiger partial charge in [-0.2, -0.15) is 0 Å². The van der Waals surface area contributed by atoms with Crippen molar-refractivity contribution in [2.75, 3.05) is 6.54 Å². The molecule has 1 amide bonds. The zero-order valence-electron chi connectivity index (χ0n) is 13.7. The van der Waals surface area contributed by atoms with Gasteiger partial charge >= 0.3 is 0 Å². The predicted molar refractivity (Wildman–Crippen MR) is 94.1 cm³/mol. The van der Waals surface area contributed by atoms with Gasteiger partial charge < -0.3 is 11.1 Å². The average molecular weight is 321 g/mol. The molecule has 1 unspecified atom stereocenters. The molecule has 1 atom stereocenters. The van der Waals surface area contributed by atoms with E-state index in [1.54, 1.807) is 0 Å². The normalized spacial score (nSPS) is 18.1. The lowest BCUT2D eigenvalue weighted by Gasteiger charge is -2.29. The van der Waals surface area contributed by atoms with E-state index in [4.69, 9.17) is 5.73 Å². The van der Waals surface area contributed by atoms with E-state index in [9.17, 15) is 4.79 Å². The van der Waals surface area contributed by atoms with Gasteiger partial charge in [0.15, 0.2) is 0 Å². The molecule has 22 heavy (non-hydrogen) atoms. The molecule has 3 nitrogen and oxygen atoms in total. The van der Waals surface area contributed by atoms with Crippen LogP contribution in [0.4, 0.5) is 0 Å². The molecule has 0 aromatic heterocycles. The Labute approximate surface area is 138 Å². The van der Waals surface area contributed by atoms with Crippen molar-refractivity contribution in [1.29, 1.82) is 0 Å². The second-order valence-corrected chi connectivity index (χ2v) is 8.14. The predicted octanol–water partition coefficient (Wildman–Crippen LogP) is 3.64. The molecule has 0 aliphatic heterocycles. The quantitative estimate of drug-likeness (QED) is 0.806. The number of carbonyl (C=O) groups is 1. The molecule has 1 fully saturated rings. The molecule has 0 heterocycles.